The van der Waals surface area contributed by atoms with Crippen LogP contribution in [0.15, 0.2) is 47.5 Å². The van der Waals surface area contributed by atoms with E-state index in [0.29, 0.717) is 24.9 Å². The monoisotopic (exact) mass is 427 g/mol. The lowest BCUT2D eigenvalue weighted by atomic mass is 10.2. The summed E-state index contributed by atoms with van der Waals surface area (Å²) in [6, 6.07) is 11.9. The number of non-ortho nitro benzene ring substituents is 1. The highest BCUT2D eigenvalue weighted by molar-refractivity contribution is 7.21. The van der Waals surface area contributed by atoms with Crippen molar-refractivity contribution in [3.8, 4) is 12.3 Å². The number of nitrogens with zero attached hydrogens (tertiary/aromatic N) is 3. The van der Waals surface area contributed by atoms with Gasteiger partial charge in [0.2, 0.25) is 0 Å². The Hall–Kier alpha value is -2.99. The second-order valence-electron chi connectivity index (χ2n) is 5.74. The largest absolute Gasteiger partial charge is 0.305 e. The summed E-state index contributed by atoms with van der Waals surface area (Å²) in [5, 5.41) is 12.2. The molecule has 0 aliphatic heterocycles. The predicted octanol–water partition coefficient (Wildman–Crippen LogP) is 4.85. The number of nitro groups is 1. The Morgan fingerprint density at radius 1 is 1.25 bits per heavy atom. The van der Waals surface area contributed by atoms with Crippen LogP contribution in [-0.2, 0) is 6.54 Å². The zero-order valence-corrected chi connectivity index (χ0v) is 16.5. The maximum atomic E-state index is 12.8. The van der Waals surface area contributed by atoms with E-state index in [2.05, 4.69) is 10.9 Å². The van der Waals surface area contributed by atoms with Gasteiger partial charge in [0.15, 0.2) is 4.80 Å². The third kappa shape index (κ3) is 3.10. The van der Waals surface area contributed by atoms with Gasteiger partial charge in [-0.1, -0.05) is 47.1 Å². The number of hydrogen-bond donors (Lipinski definition) is 0. The van der Waals surface area contributed by atoms with Gasteiger partial charge in [0.25, 0.3) is 11.6 Å². The number of fused-ring (bicyclic) bond motifs is 2. The third-order valence-corrected chi connectivity index (χ3v) is 6.76. The van der Waals surface area contributed by atoms with Gasteiger partial charge in [0, 0.05) is 22.2 Å². The zero-order valence-electron chi connectivity index (χ0n) is 14.1. The van der Waals surface area contributed by atoms with E-state index in [0.717, 1.165) is 10.1 Å². The summed E-state index contributed by atoms with van der Waals surface area (Å²) in [7, 11) is 0. The van der Waals surface area contributed by atoms with E-state index < -0.39 is 10.8 Å². The van der Waals surface area contributed by atoms with Crippen LogP contribution >= 0.6 is 34.3 Å². The first-order valence-electron chi connectivity index (χ1n) is 7.97. The number of aromatic nitrogens is 1. The van der Waals surface area contributed by atoms with Crippen LogP contribution in [0.1, 0.15) is 9.67 Å². The summed E-state index contributed by atoms with van der Waals surface area (Å²) in [6.07, 6.45) is 5.45. The van der Waals surface area contributed by atoms with Crippen molar-refractivity contribution in [1.29, 1.82) is 0 Å². The molecule has 0 saturated heterocycles. The predicted molar refractivity (Wildman–Crippen MR) is 112 cm³/mol. The first-order valence-corrected chi connectivity index (χ1v) is 9.98. The van der Waals surface area contributed by atoms with Crippen molar-refractivity contribution in [3.63, 3.8) is 0 Å². The van der Waals surface area contributed by atoms with Crippen LogP contribution in [0.25, 0.3) is 20.3 Å². The van der Waals surface area contributed by atoms with Crippen LogP contribution in [0.3, 0.4) is 0 Å². The summed E-state index contributed by atoms with van der Waals surface area (Å²) >= 11 is 8.81. The minimum Gasteiger partial charge on any atom is -0.305 e. The first-order chi connectivity index (χ1) is 13.5. The molecule has 4 aromatic rings. The van der Waals surface area contributed by atoms with Crippen molar-refractivity contribution < 1.29 is 9.72 Å². The molecule has 2 aromatic heterocycles. The van der Waals surface area contributed by atoms with Gasteiger partial charge in [-0.05, 0) is 12.1 Å². The Bertz CT molecular complexity index is 1370. The Morgan fingerprint density at radius 2 is 2.04 bits per heavy atom. The molecule has 0 saturated carbocycles. The van der Waals surface area contributed by atoms with E-state index >= 15 is 0 Å². The lowest BCUT2D eigenvalue weighted by Crippen LogP contribution is -2.16. The van der Waals surface area contributed by atoms with E-state index in [1.165, 1.54) is 34.8 Å². The highest BCUT2D eigenvalue weighted by Gasteiger charge is 2.18. The average molecular weight is 428 g/mol. The number of terminal acetylenes is 1. The van der Waals surface area contributed by atoms with Crippen molar-refractivity contribution in [1.82, 2.24) is 4.57 Å². The van der Waals surface area contributed by atoms with Gasteiger partial charge in [0.05, 0.1) is 26.7 Å². The summed E-state index contributed by atoms with van der Waals surface area (Å²) in [6.45, 7) is 0.185. The molecule has 28 heavy (non-hydrogen) atoms. The fourth-order valence-electron chi connectivity index (χ4n) is 2.79. The average Bonchev–Trinajstić information content (AvgIpc) is 3.20. The third-order valence-electron chi connectivity index (χ3n) is 4.05. The normalized spacial score (nSPS) is 11.8. The molecule has 2 aromatic carbocycles. The number of thiazole rings is 1. The molecule has 138 valence electrons. The van der Waals surface area contributed by atoms with Gasteiger partial charge >= 0.3 is 0 Å². The van der Waals surface area contributed by atoms with E-state index in [1.807, 2.05) is 24.3 Å². The number of amides is 1. The zero-order chi connectivity index (χ0) is 19.8. The van der Waals surface area contributed by atoms with Gasteiger partial charge in [0.1, 0.15) is 4.88 Å². The fraction of sp³-hybridized carbons (Fsp3) is 0.0526. The van der Waals surface area contributed by atoms with Crippen LogP contribution in [0.2, 0.25) is 5.02 Å². The smallest absolute Gasteiger partial charge is 0.291 e. The van der Waals surface area contributed by atoms with Gasteiger partial charge in [-0.3, -0.25) is 14.9 Å². The molecule has 0 radical (unpaired) electrons. The van der Waals surface area contributed by atoms with E-state index in [-0.39, 0.29) is 12.2 Å². The quantitative estimate of drug-likeness (QED) is 0.266. The molecule has 0 aliphatic rings. The Balaban J connectivity index is 1.88. The fourth-order valence-corrected chi connectivity index (χ4v) is 5.25. The summed E-state index contributed by atoms with van der Waals surface area (Å²) in [5.41, 5.74) is 0.648. The molecular formula is C19H10ClN3O3S2. The van der Waals surface area contributed by atoms with Gasteiger partial charge < -0.3 is 4.57 Å². The molecule has 0 aliphatic carbocycles. The number of nitro benzene ring substituents is 1. The summed E-state index contributed by atoms with van der Waals surface area (Å²) in [4.78, 5) is 28.3. The molecule has 1 amide bonds. The first kappa shape index (κ1) is 18.4. The molecule has 2 heterocycles. The minimum absolute atomic E-state index is 0.0352. The van der Waals surface area contributed by atoms with Crippen LogP contribution in [0, 0.1) is 22.5 Å². The Kier molecular flexibility index (Phi) is 4.73. The number of carbonyl (C=O) groups is 1. The van der Waals surface area contributed by atoms with Crippen LogP contribution in [-0.4, -0.2) is 15.4 Å². The second-order valence-corrected chi connectivity index (χ2v) is 8.18. The molecule has 0 unspecified atom stereocenters. The molecular weight excluding hydrogens is 418 g/mol. The molecule has 6 nitrogen and oxygen atoms in total. The highest BCUT2D eigenvalue weighted by atomic mass is 35.5. The number of thiophene rings is 1. The van der Waals surface area contributed by atoms with Gasteiger partial charge in [-0.15, -0.1) is 17.8 Å². The Labute approximate surface area is 171 Å². The number of hydrogen-bond acceptors (Lipinski definition) is 5. The summed E-state index contributed by atoms with van der Waals surface area (Å²) < 4.78 is 3.20. The molecule has 9 heteroatoms. The second kappa shape index (κ2) is 7.20. The van der Waals surface area contributed by atoms with Crippen LogP contribution in [0.5, 0.6) is 0 Å². The number of carbonyl (C=O) groups excluding carboxylic acids is 1. The van der Waals surface area contributed by atoms with Crippen molar-refractivity contribution in [3.05, 3.63) is 67.3 Å². The molecule has 0 spiro atoms. The number of benzene rings is 2. The lowest BCUT2D eigenvalue weighted by Gasteiger charge is -1.99. The van der Waals surface area contributed by atoms with Gasteiger partial charge in [-0.2, -0.15) is 4.99 Å². The van der Waals surface area contributed by atoms with Crippen molar-refractivity contribution in [2.75, 3.05) is 0 Å². The standard InChI is InChI=1S/C19H10ClN3O3S2/c1-2-9-22-13-8-7-11(23(25)26)10-15(13)28-19(22)21-18(24)17-16(20)12-5-3-4-6-14(12)27-17/h1,3-8,10H,9H2. The topological polar surface area (TPSA) is 77.5 Å². The van der Waals surface area contributed by atoms with Crippen molar-refractivity contribution >= 4 is 66.2 Å². The highest BCUT2D eigenvalue weighted by Crippen LogP contribution is 2.35. The van der Waals surface area contributed by atoms with Crippen molar-refractivity contribution in [2.24, 2.45) is 4.99 Å². The number of rotatable bonds is 3. The Morgan fingerprint density at radius 3 is 2.75 bits per heavy atom. The SMILES string of the molecule is C#CCn1c(=NC(=O)c2sc3ccccc3c2Cl)sc2cc([N+](=O)[O-])ccc21. The van der Waals surface area contributed by atoms with Crippen LogP contribution < -0.4 is 4.80 Å². The maximum Gasteiger partial charge on any atom is 0.291 e. The van der Waals surface area contributed by atoms with E-state index in [4.69, 9.17) is 18.0 Å². The molecule has 0 bridgehead atoms. The van der Waals surface area contributed by atoms with Crippen molar-refractivity contribution in [2.45, 2.75) is 6.54 Å². The molecule has 0 fully saturated rings. The minimum atomic E-state index is -0.474. The molecule has 0 N–H and O–H groups in total. The maximum absolute atomic E-state index is 12.8. The van der Waals surface area contributed by atoms with Gasteiger partial charge in [-0.25, -0.2) is 0 Å². The molecule has 4 rings (SSSR count). The van der Waals surface area contributed by atoms with E-state index in [9.17, 15) is 14.9 Å². The summed E-state index contributed by atoms with van der Waals surface area (Å²) in [5.74, 6) is 2.05. The molecule has 0 atom stereocenters. The number of halogens is 1. The van der Waals surface area contributed by atoms with Crippen LogP contribution in [0.4, 0.5) is 5.69 Å². The van der Waals surface area contributed by atoms with E-state index in [1.54, 1.807) is 10.6 Å². The lowest BCUT2D eigenvalue weighted by molar-refractivity contribution is -0.384.